The minimum absolute atomic E-state index is 0.0691. The van der Waals surface area contributed by atoms with Crippen molar-refractivity contribution in [3.63, 3.8) is 0 Å². The molecule has 3 nitrogen and oxygen atoms in total. The van der Waals surface area contributed by atoms with Gasteiger partial charge in [0.25, 0.3) is 0 Å². The summed E-state index contributed by atoms with van der Waals surface area (Å²) in [5.74, 6) is 0.879. The number of ether oxygens (including phenoxy) is 1. The van der Waals surface area contributed by atoms with Crippen LogP contribution in [-0.2, 0) is 0 Å². The van der Waals surface area contributed by atoms with Crippen molar-refractivity contribution in [2.75, 3.05) is 12.4 Å². The van der Waals surface area contributed by atoms with Crippen molar-refractivity contribution >= 4 is 23.1 Å². The number of hydrogen-bond donors (Lipinski definition) is 1. The van der Waals surface area contributed by atoms with Crippen molar-refractivity contribution < 1.29 is 9.13 Å². The number of halogens is 2. The van der Waals surface area contributed by atoms with Gasteiger partial charge in [0.15, 0.2) is 0 Å². The number of methoxy groups -OCH3 is 1. The van der Waals surface area contributed by atoms with Gasteiger partial charge in [-0.3, -0.25) is 0 Å². The van der Waals surface area contributed by atoms with Crippen LogP contribution in [0.1, 0.15) is 5.69 Å². The van der Waals surface area contributed by atoms with Crippen molar-refractivity contribution in [2.45, 2.75) is 6.92 Å². The molecule has 0 radical (unpaired) electrons. The van der Waals surface area contributed by atoms with E-state index in [0.29, 0.717) is 17.3 Å². The molecule has 1 heterocycles. The topological polar surface area (TPSA) is 34.1 Å². The van der Waals surface area contributed by atoms with Gasteiger partial charge in [-0.15, -0.1) is 0 Å². The van der Waals surface area contributed by atoms with Gasteiger partial charge in [0, 0.05) is 23.5 Å². The number of rotatable bonds is 3. The Bertz CT molecular complexity index is 575. The van der Waals surface area contributed by atoms with Gasteiger partial charge in [-0.2, -0.15) is 0 Å². The summed E-state index contributed by atoms with van der Waals surface area (Å²) in [6.45, 7) is 1.87. The van der Waals surface area contributed by atoms with Gasteiger partial charge in [0.2, 0.25) is 0 Å². The fourth-order valence-electron chi connectivity index (χ4n) is 1.54. The summed E-state index contributed by atoms with van der Waals surface area (Å²) in [6.07, 6.45) is 0. The number of aromatic nitrogens is 1. The first-order valence-corrected chi connectivity index (χ1v) is 5.71. The number of pyridine rings is 1. The van der Waals surface area contributed by atoms with Gasteiger partial charge < -0.3 is 10.1 Å². The molecular weight excluding hydrogens is 255 g/mol. The zero-order valence-electron chi connectivity index (χ0n) is 10.00. The summed E-state index contributed by atoms with van der Waals surface area (Å²) in [5, 5.41) is 3.11. The molecule has 0 saturated carbocycles. The zero-order valence-corrected chi connectivity index (χ0v) is 10.8. The number of nitrogens with zero attached hydrogens (tertiary/aromatic N) is 1. The first-order chi connectivity index (χ1) is 8.58. The average molecular weight is 267 g/mol. The van der Waals surface area contributed by atoms with Crippen molar-refractivity contribution in [2.24, 2.45) is 0 Å². The van der Waals surface area contributed by atoms with Crippen LogP contribution in [0.2, 0.25) is 5.02 Å². The molecule has 18 heavy (non-hydrogen) atoms. The summed E-state index contributed by atoms with van der Waals surface area (Å²) in [5.41, 5.74) is 1.49. The normalized spacial score (nSPS) is 10.2. The molecule has 0 amide bonds. The van der Waals surface area contributed by atoms with Gasteiger partial charge in [-0.1, -0.05) is 11.6 Å². The summed E-state index contributed by atoms with van der Waals surface area (Å²) >= 11 is 5.71. The second-order valence-corrected chi connectivity index (χ2v) is 4.19. The molecule has 1 N–H and O–H groups in total. The van der Waals surface area contributed by atoms with Crippen LogP contribution in [0.15, 0.2) is 30.3 Å². The summed E-state index contributed by atoms with van der Waals surface area (Å²) < 4.78 is 18.2. The lowest BCUT2D eigenvalue weighted by Crippen LogP contribution is -1.96. The molecule has 0 aliphatic heterocycles. The molecule has 0 atom stereocenters. The van der Waals surface area contributed by atoms with E-state index in [1.807, 2.05) is 13.0 Å². The molecule has 0 aliphatic carbocycles. The standard InChI is InChI=1S/C13H12ClFN2O/c1-8-5-10(18-2)7-13(16-8)17-9-3-4-12(15)11(14)6-9/h3-7H,1-2H3,(H,16,17). The molecule has 0 spiro atoms. The molecular formula is C13H12ClFN2O. The monoisotopic (exact) mass is 266 g/mol. The van der Waals surface area contributed by atoms with Crippen molar-refractivity contribution in [1.29, 1.82) is 0 Å². The third-order valence-electron chi connectivity index (χ3n) is 2.35. The Morgan fingerprint density at radius 1 is 1.28 bits per heavy atom. The molecule has 0 aliphatic rings. The molecule has 0 saturated heterocycles. The molecule has 2 aromatic rings. The van der Waals surface area contributed by atoms with Crippen molar-refractivity contribution in [3.8, 4) is 5.75 Å². The lowest BCUT2D eigenvalue weighted by molar-refractivity contribution is 0.414. The van der Waals surface area contributed by atoms with Crippen LogP contribution in [0.25, 0.3) is 0 Å². The SMILES string of the molecule is COc1cc(C)nc(Nc2ccc(F)c(Cl)c2)c1. The molecule has 0 fully saturated rings. The Morgan fingerprint density at radius 3 is 2.72 bits per heavy atom. The van der Waals surface area contributed by atoms with Gasteiger partial charge in [0.05, 0.1) is 12.1 Å². The number of hydrogen-bond acceptors (Lipinski definition) is 3. The number of anilines is 2. The van der Waals surface area contributed by atoms with Crippen LogP contribution in [0, 0.1) is 12.7 Å². The predicted molar refractivity (Wildman–Crippen MR) is 70.2 cm³/mol. The Labute approximate surface area is 110 Å². The Kier molecular flexibility index (Phi) is 3.67. The Hall–Kier alpha value is -1.81. The van der Waals surface area contributed by atoms with Crippen molar-refractivity contribution in [1.82, 2.24) is 4.98 Å². The second-order valence-electron chi connectivity index (χ2n) is 3.79. The molecule has 1 aromatic heterocycles. The molecule has 2 rings (SSSR count). The summed E-state index contributed by atoms with van der Waals surface area (Å²) in [7, 11) is 1.59. The van der Waals surface area contributed by atoms with Crippen LogP contribution in [0.3, 0.4) is 0 Å². The van der Waals surface area contributed by atoms with E-state index in [-0.39, 0.29) is 5.02 Å². The highest BCUT2D eigenvalue weighted by atomic mass is 35.5. The third-order valence-corrected chi connectivity index (χ3v) is 2.64. The maximum absolute atomic E-state index is 13.0. The predicted octanol–water partition coefficient (Wildman–Crippen LogP) is 3.93. The lowest BCUT2D eigenvalue weighted by atomic mass is 10.3. The lowest BCUT2D eigenvalue weighted by Gasteiger charge is -2.09. The number of benzene rings is 1. The molecule has 0 unspecified atom stereocenters. The van der Waals surface area contributed by atoms with Crippen LogP contribution in [-0.4, -0.2) is 12.1 Å². The smallest absolute Gasteiger partial charge is 0.141 e. The fraction of sp³-hybridized carbons (Fsp3) is 0.154. The van der Waals surface area contributed by atoms with E-state index in [0.717, 1.165) is 5.69 Å². The van der Waals surface area contributed by atoms with Gasteiger partial charge in [0.1, 0.15) is 17.4 Å². The largest absolute Gasteiger partial charge is 0.497 e. The van der Waals surface area contributed by atoms with E-state index < -0.39 is 5.82 Å². The molecule has 1 aromatic carbocycles. The summed E-state index contributed by atoms with van der Waals surface area (Å²) in [4.78, 5) is 4.30. The maximum atomic E-state index is 13.0. The minimum Gasteiger partial charge on any atom is -0.497 e. The fourth-order valence-corrected chi connectivity index (χ4v) is 1.72. The van der Waals surface area contributed by atoms with Gasteiger partial charge in [-0.05, 0) is 25.1 Å². The quantitative estimate of drug-likeness (QED) is 0.914. The third kappa shape index (κ3) is 2.90. The minimum atomic E-state index is -0.447. The highest BCUT2D eigenvalue weighted by Gasteiger charge is 2.04. The Balaban J connectivity index is 2.27. The van der Waals surface area contributed by atoms with Crippen LogP contribution >= 0.6 is 11.6 Å². The highest BCUT2D eigenvalue weighted by molar-refractivity contribution is 6.31. The van der Waals surface area contributed by atoms with E-state index in [9.17, 15) is 4.39 Å². The van der Waals surface area contributed by atoms with E-state index in [2.05, 4.69) is 10.3 Å². The molecule has 94 valence electrons. The second kappa shape index (κ2) is 5.23. The molecule has 5 heteroatoms. The van der Waals surface area contributed by atoms with Gasteiger partial charge >= 0.3 is 0 Å². The Morgan fingerprint density at radius 2 is 2.06 bits per heavy atom. The van der Waals surface area contributed by atoms with E-state index in [4.69, 9.17) is 16.3 Å². The number of aryl methyl sites for hydroxylation is 1. The van der Waals surface area contributed by atoms with E-state index in [1.54, 1.807) is 19.2 Å². The van der Waals surface area contributed by atoms with Crippen LogP contribution in [0.5, 0.6) is 5.75 Å². The van der Waals surface area contributed by atoms with E-state index >= 15 is 0 Å². The highest BCUT2D eigenvalue weighted by Crippen LogP contribution is 2.24. The zero-order chi connectivity index (χ0) is 13.1. The number of nitrogens with one attached hydrogen (secondary N) is 1. The van der Waals surface area contributed by atoms with Crippen LogP contribution < -0.4 is 10.1 Å². The first-order valence-electron chi connectivity index (χ1n) is 5.33. The average Bonchev–Trinajstić information content (AvgIpc) is 2.33. The van der Waals surface area contributed by atoms with E-state index in [1.165, 1.54) is 12.1 Å². The van der Waals surface area contributed by atoms with Crippen molar-refractivity contribution in [3.05, 3.63) is 46.9 Å². The summed E-state index contributed by atoms with van der Waals surface area (Å²) in [6, 6.07) is 7.98. The maximum Gasteiger partial charge on any atom is 0.141 e. The van der Waals surface area contributed by atoms with Gasteiger partial charge in [-0.25, -0.2) is 9.37 Å². The first kappa shape index (κ1) is 12.6. The van der Waals surface area contributed by atoms with Crippen LogP contribution in [0.4, 0.5) is 15.9 Å². The molecule has 0 bridgehead atoms.